The van der Waals surface area contributed by atoms with Gasteiger partial charge in [0.25, 0.3) is 0 Å². The Balaban J connectivity index is 1.73. The van der Waals surface area contributed by atoms with Gasteiger partial charge >= 0.3 is 5.97 Å². The summed E-state index contributed by atoms with van der Waals surface area (Å²) in [6.45, 7) is 5.50. The lowest BCUT2D eigenvalue weighted by atomic mass is 10.1. The molecule has 1 aliphatic rings. The fraction of sp³-hybridized carbons (Fsp3) is 0.350. The van der Waals surface area contributed by atoms with E-state index in [4.69, 9.17) is 4.74 Å². The van der Waals surface area contributed by atoms with Crippen molar-refractivity contribution in [1.82, 2.24) is 0 Å². The molecule has 2 aromatic rings. The minimum absolute atomic E-state index is 0.327. The Labute approximate surface area is 148 Å². The van der Waals surface area contributed by atoms with Gasteiger partial charge in [0.1, 0.15) is 0 Å². The van der Waals surface area contributed by atoms with Crippen molar-refractivity contribution in [3.05, 3.63) is 59.2 Å². The van der Waals surface area contributed by atoms with Crippen LogP contribution in [0.25, 0.3) is 0 Å². The van der Waals surface area contributed by atoms with Crippen LogP contribution in [0.4, 0.5) is 11.4 Å². The van der Waals surface area contributed by atoms with Gasteiger partial charge in [0.15, 0.2) is 0 Å². The minimum atomic E-state index is -0.905. The number of nitrogens with zero attached hydrogens (tertiary/aromatic N) is 1. The molecule has 5 nitrogen and oxygen atoms in total. The van der Waals surface area contributed by atoms with Gasteiger partial charge in [-0.2, -0.15) is 0 Å². The van der Waals surface area contributed by atoms with Crippen molar-refractivity contribution >= 4 is 17.3 Å². The number of morpholine rings is 1. The Bertz CT molecular complexity index is 722. The fourth-order valence-electron chi connectivity index (χ4n) is 2.99. The second-order valence-electron chi connectivity index (χ2n) is 6.16. The lowest BCUT2D eigenvalue weighted by Crippen LogP contribution is -2.37. The molecule has 0 spiro atoms. The van der Waals surface area contributed by atoms with Crippen molar-refractivity contribution in [2.45, 2.75) is 19.9 Å². The van der Waals surface area contributed by atoms with E-state index in [1.54, 1.807) is 6.07 Å². The summed E-state index contributed by atoms with van der Waals surface area (Å²) in [4.78, 5) is 13.7. The summed E-state index contributed by atoms with van der Waals surface area (Å²) < 4.78 is 5.35. The molecule has 0 saturated carbocycles. The maximum Gasteiger partial charge on any atom is 0.337 e. The molecular weight excluding hydrogens is 316 g/mol. The van der Waals surface area contributed by atoms with Crippen LogP contribution in [0.3, 0.4) is 0 Å². The Morgan fingerprint density at radius 3 is 2.44 bits per heavy atom. The molecular formula is C20H24N2O3. The summed E-state index contributed by atoms with van der Waals surface area (Å²) in [5.74, 6) is -0.905. The third-order valence-electron chi connectivity index (χ3n) is 4.51. The SMILES string of the molecule is CCc1ccc(CNc2ccc(N3CCOCC3)c(C(=O)O)c2)cc1. The van der Waals surface area contributed by atoms with Gasteiger partial charge in [-0.25, -0.2) is 4.79 Å². The average Bonchev–Trinajstić information content (AvgIpc) is 2.67. The van der Waals surface area contributed by atoms with E-state index in [1.165, 1.54) is 11.1 Å². The molecule has 1 heterocycles. The number of ether oxygens (including phenoxy) is 1. The number of rotatable bonds is 6. The highest BCUT2D eigenvalue weighted by molar-refractivity contribution is 5.95. The molecule has 0 unspecified atom stereocenters. The third kappa shape index (κ3) is 4.31. The van der Waals surface area contributed by atoms with Gasteiger partial charge in [0.2, 0.25) is 0 Å². The van der Waals surface area contributed by atoms with Crippen LogP contribution in [-0.4, -0.2) is 37.4 Å². The molecule has 2 aromatic carbocycles. The van der Waals surface area contributed by atoms with Crippen LogP contribution in [0.15, 0.2) is 42.5 Å². The number of benzene rings is 2. The first kappa shape index (κ1) is 17.3. The van der Waals surface area contributed by atoms with Crippen LogP contribution in [-0.2, 0) is 17.7 Å². The van der Waals surface area contributed by atoms with Crippen LogP contribution < -0.4 is 10.2 Å². The number of carboxylic acid groups (broad SMARTS) is 1. The molecule has 1 fully saturated rings. The summed E-state index contributed by atoms with van der Waals surface area (Å²) in [5.41, 5.74) is 4.38. The quantitative estimate of drug-likeness (QED) is 0.844. The van der Waals surface area contributed by atoms with Crippen molar-refractivity contribution in [3.8, 4) is 0 Å². The molecule has 0 aliphatic carbocycles. The van der Waals surface area contributed by atoms with Gasteiger partial charge in [-0.3, -0.25) is 0 Å². The standard InChI is InChI=1S/C20H24N2O3/c1-2-15-3-5-16(6-4-15)14-21-17-7-8-19(18(13-17)20(23)24)22-9-11-25-12-10-22/h3-8,13,21H,2,9-12,14H2,1H3,(H,23,24). The zero-order chi connectivity index (χ0) is 17.6. The normalized spacial score (nSPS) is 14.4. The highest BCUT2D eigenvalue weighted by Crippen LogP contribution is 2.25. The van der Waals surface area contributed by atoms with Gasteiger partial charge in [0.05, 0.1) is 24.5 Å². The Kier molecular flexibility index (Phi) is 5.56. The number of aryl methyl sites for hydroxylation is 1. The van der Waals surface area contributed by atoms with E-state index in [-0.39, 0.29) is 0 Å². The van der Waals surface area contributed by atoms with Crippen LogP contribution in [0.1, 0.15) is 28.4 Å². The molecule has 132 valence electrons. The van der Waals surface area contributed by atoms with Crippen molar-refractivity contribution in [1.29, 1.82) is 0 Å². The van der Waals surface area contributed by atoms with Gasteiger partial charge in [-0.05, 0) is 35.7 Å². The van der Waals surface area contributed by atoms with Crippen LogP contribution >= 0.6 is 0 Å². The number of aromatic carboxylic acids is 1. The number of hydrogen-bond acceptors (Lipinski definition) is 4. The molecule has 2 N–H and O–H groups in total. The van der Waals surface area contributed by atoms with E-state index >= 15 is 0 Å². The third-order valence-corrected chi connectivity index (χ3v) is 4.51. The van der Waals surface area contributed by atoms with Crippen LogP contribution in [0, 0.1) is 0 Å². The maximum absolute atomic E-state index is 11.7. The van der Waals surface area contributed by atoms with Crippen molar-refractivity contribution in [2.24, 2.45) is 0 Å². The van der Waals surface area contributed by atoms with Crippen LogP contribution in [0.2, 0.25) is 0 Å². The zero-order valence-corrected chi connectivity index (χ0v) is 14.5. The molecule has 5 heteroatoms. The summed E-state index contributed by atoms with van der Waals surface area (Å²) in [5, 5.41) is 12.9. The highest BCUT2D eigenvalue weighted by Gasteiger charge is 2.18. The lowest BCUT2D eigenvalue weighted by Gasteiger charge is -2.30. The smallest absolute Gasteiger partial charge is 0.337 e. The van der Waals surface area contributed by atoms with Gasteiger partial charge in [-0.15, -0.1) is 0 Å². The van der Waals surface area contributed by atoms with Crippen LogP contribution in [0.5, 0.6) is 0 Å². The largest absolute Gasteiger partial charge is 0.478 e. The molecule has 1 aliphatic heterocycles. The molecule has 0 aromatic heterocycles. The Hall–Kier alpha value is -2.53. The van der Waals surface area contributed by atoms with Crippen molar-refractivity contribution in [3.63, 3.8) is 0 Å². The fourth-order valence-corrected chi connectivity index (χ4v) is 2.99. The first-order chi connectivity index (χ1) is 12.2. The molecule has 0 radical (unpaired) electrons. The second-order valence-corrected chi connectivity index (χ2v) is 6.16. The van der Waals surface area contributed by atoms with E-state index < -0.39 is 5.97 Å². The van der Waals surface area contributed by atoms with E-state index in [2.05, 4.69) is 41.4 Å². The Morgan fingerprint density at radius 2 is 1.80 bits per heavy atom. The van der Waals surface area contributed by atoms with Crippen molar-refractivity contribution in [2.75, 3.05) is 36.5 Å². The topological polar surface area (TPSA) is 61.8 Å². The molecule has 0 amide bonds. The van der Waals surface area contributed by atoms with Gasteiger partial charge in [0, 0.05) is 25.3 Å². The van der Waals surface area contributed by atoms with Gasteiger partial charge in [-0.1, -0.05) is 31.2 Å². The van der Waals surface area contributed by atoms with Gasteiger partial charge < -0.3 is 20.1 Å². The summed E-state index contributed by atoms with van der Waals surface area (Å²) in [7, 11) is 0. The average molecular weight is 340 g/mol. The number of carboxylic acids is 1. The summed E-state index contributed by atoms with van der Waals surface area (Å²) in [6.07, 6.45) is 1.03. The monoisotopic (exact) mass is 340 g/mol. The predicted molar refractivity (Wildman–Crippen MR) is 99.6 cm³/mol. The number of anilines is 2. The number of hydrogen-bond donors (Lipinski definition) is 2. The second kappa shape index (κ2) is 8.03. The Morgan fingerprint density at radius 1 is 1.12 bits per heavy atom. The van der Waals surface area contributed by atoms with E-state index in [9.17, 15) is 9.90 Å². The molecule has 3 rings (SSSR count). The number of nitrogens with one attached hydrogen (secondary N) is 1. The highest BCUT2D eigenvalue weighted by atomic mass is 16.5. The molecule has 1 saturated heterocycles. The predicted octanol–water partition coefficient (Wildman–Crippen LogP) is 3.40. The first-order valence-electron chi connectivity index (χ1n) is 8.69. The molecule has 0 bridgehead atoms. The van der Waals surface area contributed by atoms with E-state index in [1.807, 2.05) is 12.1 Å². The molecule has 0 atom stereocenters. The van der Waals surface area contributed by atoms with E-state index in [0.29, 0.717) is 25.3 Å². The number of carbonyl (C=O) groups is 1. The van der Waals surface area contributed by atoms with E-state index in [0.717, 1.165) is 30.9 Å². The lowest BCUT2D eigenvalue weighted by molar-refractivity contribution is 0.0696. The molecule has 25 heavy (non-hydrogen) atoms. The minimum Gasteiger partial charge on any atom is -0.478 e. The maximum atomic E-state index is 11.7. The summed E-state index contributed by atoms with van der Waals surface area (Å²) >= 11 is 0. The summed E-state index contributed by atoms with van der Waals surface area (Å²) in [6, 6.07) is 14.0. The first-order valence-corrected chi connectivity index (χ1v) is 8.69. The van der Waals surface area contributed by atoms with Crippen molar-refractivity contribution < 1.29 is 14.6 Å². The zero-order valence-electron chi connectivity index (χ0n) is 14.5.